The topological polar surface area (TPSA) is 46.2 Å². The standard InChI is InChI=1S/C10H14FNO/c1-7-2-3-10(11)9(4-7)8(5-12)6-13/h2-4,8,13H,5-6,12H2,1H3. The van der Waals surface area contributed by atoms with Crippen molar-refractivity contribution in [2.45, 2.75) is 12.8 Å². The summed E-state index contributed by atoms with van der Waals surface area (Å²) in [4.78, 5) is 0. The van der Waals surface area contributed by atoms with E-state index in [0.29, 0.717) is 5.56 Å². The van der Waals surface area contributed by atoms with Gasteiger partial charge < -0.3 is 10.8 Å². The van der Waals surface area contributed by atoms with Gasteiger partial charge >= 0.3 is 0 Å². The number of aliphatic hydroxyl groups is 1. The molecule has 1 rings (SSSR count). The Hall–Kier alpha value is -0.930. The number of halogens is 1. The molecule has 1 atom stereocenters. The molecule has 1 aromatic rings. The van der Waals surface area contributed by atoms with Crippen LogP contribution in [0.4, 0.5) is 4.39 Å². The average molecular weight is 183 g/mol. The van der Waals surface area contributed by atoms with E-state index in [9.17, 15) is 4.39 Å². The van der Waals surface area contributed by atoms with Gasteiger partial charge in [0.25, 0.3) is 0 Å². The predicted octanol–water partition coefficient (Wildman–Crippen LogP) is 1.17. The van der Waals surface area contributed by atoms with Gasteiger partial charge in [-0.1, -0.05) is 17.7 Å². The van der Waals surface area contributed by atoms with Gasteiger partial charge in [0, 0.05) is 12.5 Å². The fourth-order valence-electron chi connectivity index (χ4n) is 1.28. The van der Waals surface area contributed by atoms with Crippen molar-refractivity contribution < 1.29 is 9.50 Å². The Morgan fingerprint density at radius 1 is 1.54 bits per heavy atom. The Morgan fingerprint density at radius 2 is 2.23 bits per heavy atom. The van der Waals surface area contributed by atoms with E-state index in [-0.39, 0.29) is 24.9 Å². The Bertz CT molecular complexity index is 284. The van der Waals surface area contributed by atoms with Crippen LogP contribution >= 0.6 is 0 Å². The molecule has 0 fully saturated rings. The van der Waals surface area contributed by atoms with Crippen molar-refractivity contribution in [2.75, 3.05) is 13.2 Å². The highest BCUT2D eigenvalue weighted by molar-refractivity contribution is 5.27. The summed E-state index contributed by atoms with van der Waals surface area (Å²) in [5.41, 5.74) is 6.89. The Kier molecular flexibility index (Phi) is 3.39. The van der Waals surface area contributed by atoms with Crippen LogP contribution in [0.15, 0.2) is 18.2 Å². The first-order valence-electron chi connectivity index (χ1n) is 4.26. The summed E-state index contributed by atoms with van der Waals surface area (Å²) in [7, 11) is 0. The second kappa shape index (κ2) is 4.35. The molecule has 0 aliphatic rings. The van der Waals surface area contributed by atoms with Gasteiger partial charge in [-0.2, -0.15) is 0 Å². The molecule has 0 saturated heterocycles. The third-order valence-electron chi connectivity index (χ3n) is 2.10. The van der Waals surface area contributed by atoms with Gasteiger partial charge in [-0.15, -0.1) is 0 Å². The maximum atomic E-state index is 13.2. The van der Waals surface area contributed by atoms with Gasteiger partial charge in [-0.3, -0.25) is 0 Å². The zero-order valence-corrected chi connectivity index (χ0v) is 7.63. The van der Waals surface area contributed by atoms with E-state index in [4.69, 9.17) is 10.8 Å². The highest BCUT2D eigenvalue weighted by Crippen LogP contribution is 2.19. The smallest absolute Gasteiger partial charge is 0.126 e. The van der Waals surface area contributed by atoms with E-state index in [0.717, 1.165) is 5.56 Å². The van der Waals surface area contributed by atoms with Crippen molar-refractivity contribution in [1.82, 2.24) is 0 Å². The molecule has 3 heteroatoms. The minimum Gasteiger partial charge on any atom is -0.396 e. The second-order valence-electron chi connectivity index (χ2n) is 3.14. The van der Waals surface area contributed by atoms with E-state index < -0.39 is 0 Å². The monoisotopic (exact) mass is 183 g/mol. The van der Waals surface area contributed by atoms with Crippen molar-refractivity contribution in [3.05, 3.63) is 35.1 Å². The quantitative estimate of drug-likeness (QED) is 0.738. The molecule has 3 N–H and O–H groups in total. The largest absolute Gasteiger partial charge is 0.396 e. The van der Waals surface area contributed by atoms with E-state index in [1.165, 1.54) is 6.07 Å². The van der Waals surface area contributed by atoms with Crippen molar-refractivity contribution >= 4 is 0 Å². The van der Waals surface area contributed by atoms with Crippen LogP contribution in [0.3, 0.4) is 0 Å². The lowest BCUT2D eigenvalue weighted by Gasteiger charge is -2.13. The van der Waals surface area contributed by atoms with Gasteiger partial charge in [0.05, 0.1) is 6.61 Å². The first-order valence-corrected chi connectivity index (χ1v) is 4.26. The summed E-state index contributed by atoms with van der Waals surface area (Å²) < 4.78 is 13.2. The average Bonchev–Trinajstić information content (AvgIpc) is 2.13. The summed E-state index contributed by atoms with van der Waals surface area (Å²) in [6.07, 6.45) is 0. The third kappa shape index (κ3) is 2.26. The molecule has 1 unspecified atom stereocenters. The first-order chi connectivity index (χ1) is 6.19. The number of aryl methyl sites for hydroxylation is 1. The highest BCUT2D eigenvalue weighted by atomic mass is 19.1. The molecule has 0 bridgehead atoms. The van der Waals surface area contributed by atoms with Crippen LogP contribution in [0.1, 0.15) is 17.0 Å². The summed E-state index contributed by atoms with van der Waals surface area (Å²) >= 11 is 0. The Labute approximate surface area is 77.2 Å². The van der Waals surface area contributed by atoms with Crippen LogP contribution in [0.25, 0.3) is 0 Å². The van der Waals surface area contributed by atoms with Crippen molar-refractivity contribution in [3.8, 4) is 0 Å². The van der Waals surface area contributed by atoms with Crippen LogP contribution in [0, 0.1) is 12.7 Å². The maximum Gasteiger partial charge on any atom is 0.126 e. The molecule has 0 aliphatic carbocycles. The lowest BCUT2D eigenvalue weighted by Crippen LogP contribution is -2.17. The first kappa shape index (κ1) is 10.2. The van der Waals surface area contributed by atoms with Gasteiger partial charge in [0.2, 0.25) is 0 Å². The van der Waals surface area contributed by atoms with Crippen LogP contribution in [-0.4, -0.2) is 18.3 Å². The summed E-state index contributed by atoms with van der Waals surface area (Å²) in [6.45, 7) is 2.03. The van der Waals surface area contributed by atoms with Gasteiger partial charge in [0.15, 0.2) is 0 Å². The summed E-state index contributed by atoms with van der Waals surface area (Å²) in [5.74, 6) is -0.588. The molecule has 0 aliphatic heterocycles. The molecular formula is C10H14FNO. The SMILES string of the molecule is Cc1ccc(F)c(C(CN)CO)c1. The number of nitrogens with two attached hydrogens (primary N) is 1. The van der Waals surface area contributed by atoms with E-state index in [2.05, 4.69) is 0 Å². The number of benzene rings is 1. The molecule has 1 aromatic carbocycles. The number of hydrogen-bond donors (Lipinski definition) is 2. The summed E-state index contributed by atoms with van der Waals surface area (Å²) in [5, 5.41) is 8.95. The number of hydrogen-bond acceptors (Lipinski definition) is 2. The number of aliphatic hydroxyl groups excluding tert-OH is 1. The molecule has 13 heavy (non-hydrogen) atoms. The van der Waals surface area contributed by atoms with Crippen LogP contribution < -0.4 is 5.73 Å². The van der Waals surface area contributed by atoms with Crippen molar-refractivity contribution in [1.29, 1.82) is 0 Å². The molecule has 2 nitrogen and oxygen atoms in total. The van der Waals surface area contributed by atoms with E-state index in [1.54, 1.807) is 12.1 Å². The Balaban J connectivity index is 3.03. The minimum atomic E-state index is -0.296. The predicted molar refractivity (Wildman–Crippen MR) is 50.0 cm³/mol. The van der Waals surface area contributed by atoms with Crippen molar-refractivity contribution in [2.24, 2.45) is 5.73 Å². The second-order valence-corrected chi connectivity index (χ2v) is 3.14. The minimum absolute atomic E-state index is 0.114. The van der Waals surface area contributed by atoms with Crippen LogP contribution in [-0.2, 0) is 0 Å². The molecule has 0 heterocycles. The molecular weight excluding hydrogens is 169 g/mol. The molecule has 0 amide bonds. The normalized spacial score (nSPS) is 12.9. The van der Waals surface area contributed by atoms with Crippen molar-refractivity contribution in [3.63, 3.8) is 0 Å². The molecule has 0 spiro atoms. The van der Waals surface area contributed by atoms with Gasteiger partial charge in [-0.25, -0.2) is 4.39 Å². The zero-order valence-electron chi connectivity index (χ0n) is 7.63. The summed E-state index contributed by atoms with van der Waals surface area (Å²) in [6, 6.07) is 4.83. The van der Waals surface area contributed by atoms with E-state index >= 15 is 0 Å². The Morgan fingerprint density at radius 3 is 2.77 bits per heavy atom. The van der Waals surface area contributed by atoms with E-state index in [1.807, 2.05) is 6.92 Å². The molecule has 0 aromatic heterocycles. The van der Waals surface area contributed by atoms with Crippen LogP contribution in [0.5, 0.6) is 0 Å². The van der Waals surface area contributed by atoms with Crippen LogP contribution in [0.2, 0.25) is 0 Å². The molecule has 0 radical (unpaired) electrons. The third-order valence-corrected chi connectivity index (χ3v) is 2.10. The lowest BCUT2D eigenvalue weighted by atomic mass is 9.98. The van der Waals surface area contributed by atoms with Gasteiger partial charge in [0.1, 0.15) is 5.82 Å². The lowest BCUT2D eigenvalue weighted by molar-refractivity contribution is 0.265. The molecule has 0 saturated carbocycles. The molecule has 72 valence electrons. The maximum absolute atomic E-state index is 13.2. The fourth-order valence-corrected chi connectivity index (χ4v) is 1.28. The number of rotatable bonds is 3. The highest BCUT2D eigenvalue weighted by Gasteiger charge is 2.12. The zero-order chi connectivity index (χ0) is 9.84. The fraction of sp³-hybridized carbons (Fsp3) is 0.400. The van der Waals surface area contributed by atoms with Gasteiger partial charge in [-0.05, 0) is 18.6 Å².